The van der Waals surface area contributed by atoms with Gasteiger partial charge in [-0.1, -0.05) is 5.16 Å². The molecule has 4 nitrogen and oxygen atoms in total. The monoisotopic (exact) mass is 198 g/mol. The van der Waals surface area contributed by atoms with Crippen LogP contribution >= 0.6 is 0 Å². The van der Waals surface area contributed by atoms with Gasteiger partial charge in [-0.05, 0) is 26.9 Å². The zero-order valence-electron chi connectivity index (χ0n) is 8.88. The molecule has 4 heteroatoms. The minimum atomic E-state index is -0.0600. The summed E-state index contributed by atoms with van der Waals surface area (Å²) in [7, 11) is 0. The molecule has 0 aromatic rings. The predicted molar refractivity (Wildman–Crippen MR) is 54.2 cm³/mol. The molecule has 2 heterocycles. The van der Waals surface area contributed by atoms with Crippen molar-refractivity contribution in [2.75, 3.05) is 13.1 Å². The maximum atomic E-state index is 5.54. The average Bonchev–Trinajstić information content (AvgIpc) is 2.49. The molecular weight excluding hydrogens is 180 g/mol. The number of hydrogen-bond acceptors (Lipinski definition) is 4. The zero-order chi connectivity index (χ0) is 10.0. The minimum absolute atomic E-state index is 0.0600. The van der Waals surface area contributed by atoms with E-state index in [9.17, 15) is 0 Å². The summed E-state index contributed by atoms with van der Waals surface area (Å²) in [6.07, 6.45) is 3.09. The van der Waals surface area contributed by atoms with E-state index in [-0.39, 0.29) is 11.7 Å². The molecule has 0 bridgehead atoms. The van der Waals surface area contributed by atoms with E-state index in [2.05, 4.69) is 10.5 Å². The Labute approximate surface area is 84.6 Å². The van der Waals surface area contributed by atoms with Crippen LogP contribution in [-0.4, -0.2) is 30.7 Å². The first-order valence-electron chi connectivity index (χ1n) is 5.33. The standard InChI is InChI=1S/C10H18N2O2/c1-8(2)13-9-7-10(14-12-9)3-5-11-6-4-10/h8,11H,3-7H2,1-2H3. The Kier molecular flexibility index (Phi) is 2.63. The van der Waals surface area contributed by atoms with Crippen molar-refractivity contribution < 1.29 is 9.57 Å². The van der Waals surface area contributed by atoms with E-state index >= 15 is 0 Å². The lowest BCUT2D eigenvalue weighted by Gasteiger charge is -2.30. The molecule has 14 heavy (non-hydrogen) atoms. The van der Waals surface area contributed by atoms with Crippen LogP contribution in [0, 0.1) is 0 Å². The molecule has 0 amide bonds. The van der Waals surface area contributed by atoms with Crippen molar-refractivity contribution >= 4 is 5.90 Å². The second kappa shape index (κ2) is 3.77. The molecule has 1 fully saturated rings. The summed E-state index contributed by atoms with van der Waals surface area (Å²) in [4.78, 5) is 5.52. The number of nitrogens with zero attached hydrogens (tertiary/aromatic N) is 1. The first kappa shape index (κ1) is 9.77. The fourth-order valence-corrected chi connectivity index (χ4v) is 1.97. The average molecular weight is 198 g/mol. The molecule has 2 aliphatic heterocycles. The molecule has 0 aromatic carbocycles. The lowest BCUT2D eigenvalue weighted by Crippen LogP contribution is -2.42. The smallest absolute Gasteiger partial charge is 0.230 e. The maximum absolute atomic E-state index is 5.54. The van der Waals surface area contributed by atoms with Gasteiger partial charge < -0.3 is 14.9 Å². The van der Waals surface area contributed by atoms with Crippen LogP contribution in [-0.2, 0) is 9.57 Å². The molecule has 2 aliphatic rings. The number of oxime groups is 1. The number of piperidine rings is 1. The highest BCUT2D eigenvalue weighted by Crippen LogP contribution is 2.32. The Balaban J connectivity index is 1.90. The van der Waals surface area contributed by atoms with Gasteiger partial charge in [0.05, 0.1) is 12.5 Å². The SMILES string of the molecule is CC(C)OC1=NOC2(CCNCC2)C1. The Hall–Kier alpha value is -0.770. The van der Waals surface area contributed by atoms with E-state index in [1.165, 1.54) is 0 Å². The molecule has 0 atom stereocenters. The summed E-state index contributed by atoms with van der Waals surface area (Å²) in [5.41, 5.74) is -0.0600. The summed E-state index contributed by atoms with van der Waals surface area (Å²) < 4.78 is 5.54. The molecule has 0 unspecified atom stereocenters. The van der Waals surface area contributed by atoms with Gasteiger partial charge in [-0.3, -0.25) is 0 Å². The molecule has 1 spiro atoms. The molecule has 1 saturated heterocycles. The van der Waals surface area contributed by atoms with Crippen LogP contribution in [0.2, 0.25) is 0 Å². The van der Waals surface area contributed by atoms with Crippen molar-refractivity contribution in [2.24, 2.45) is 5.16 Å². The van der Waals surface area contributed by atoms with E-state index < -0.39 is 0 Å². The van der Waals surface area contributed by atoms with Crippen LogP contribution in [0.1, 0.15) is 33.1 Å². The molecule has 0 radical (unpaired) electrons. The Morgan fingerprint density at radius 1 is 1.43 bits per heavy atom. The Bertz CT molecular complexity index is 232. The minimum Gasteiger partial charge on any atom is -0.476 e. The van der Waals surface area contributed by atoms with Crippen molar-refractivity contribution in [1.29, 1.82) is 0 Å². The van der Waals surface area contributed by atoms with Crippen molar-refractivity contribution in [3.63, 3.8) is 0 Å². The third-order valence-corrected chi connectivity index (χ3v) is 2.70. The van der Waals surface area contributed by atoms with Crippen LogP contribution in [0.3, 0.4) is 0 Å². The maximum Gasteiger partial charge on any atom is 0.230 e. The van der Waals surface area contributed by atoms with Gasteiger partial charge in [0.15, 0.2) is 0 Å². The summed E-state index contributed by atoms with van der Waals surface area (Å²) in [6.45, 7) is 6.06. The van der Waals surface area contributed by atoms with Crippen LogP contribution in [0.15, 0.2) is 5.16 Å². The van der Waals surface area contributed by atoms with Gasteiger partial charge >= 0.3 is 0 Å². The van der Waals surface area contributed by atoms with E-state index in [1.54, 1.807) is 0 Å². The fraction of sp³-hybridized carbons (Fsp3) is 0.900. The number of hydrogen-bond donors (Lipinski definition) is 1. The highest BCUT2D eigenvalue weighted by atomic mass is 16.7. The number of nitrogens with one attached hydrogen (secondary N) is 1. The van der Waals surface area contributed by atoms with Gasteiger partial charge in [0.1, 0.15) is 5.60 Å². The van der Waals surface area contributed by atoms with Crippen molar-refractivity contribution in [1.82, 2.24) is 5.32 Å². The molecule has 80 valence electrons. The molecule has 0 saturated carbocycles. The third-order valence-electron chi connectivity index (χ3n) is 2.70. The van der Waals surface area contributed by atoms with Crippen molar-refractivity contribution in [3.05, 3.63) is 0 Å². The quantitative estimate of drug-likeness (QED) is 0.690. The van der Waals surface area contributed by atoms with E-state index in [0.29, 0.717) is 0 Å². The molecule has 2 rings (SSSR count). The van der Waals surface area contributed by atoms with Gasteiger partial charge in [-0.2, -0.15) is 0 Å². The molecule has 0 aliphatic carbocycles. The Morgan fingerprint density at radius 2 is 2.14 bits per heavy atom. The van der Waals surface area contributed by atoms with Crippen LogP contribution < -0.4 is 5.32 Å². The van der Waals surface area contributed by atoms with E-state index in [0.717, 1.165) is 38.2 Å². The normalized spacial score (nSPS) is 24.9. The van der Waals surface area contributed by atoms with Gasteiger partial charge in [-0.25, -0.2) is 0 Å². The topological polar surface area (TPSA) is 42.9 Å². The van der Waals surface area contributed by atoms with Gasteiger partial charge in [0.2, 0.25) is 5.90 Å². The second-order valence-corrected chi connectivity index (χ2v) is 4.35. The summed E-state index contributed by atoms with van der Waals surface area (Å²) in [6, 6.07) is 0. The van der Waals surface area contributed by atoms with Crippen LogP contribution in [0.25, 0.3) is 0 Å². The van der Waals surface area contributed by atoms with Crippen molar-refractivity contribution in [3.8, 4) is 0 Å². The Morgan fingerprint density at radius 3 is 2.79 bits per heavy atom. The summed E-state index contributed by atoms with van der Waals surface area (Å²) in [5.74, 6) is 0.766. The molecule has 0 aromatic heterocycles. The third kappa shape index (κ3) is 2.00. The number of rotatable bonds is 1. The van der Waals surface area contributed by atoms with Crippen LogP contribution in [0.4, 0.5) is 0 Å². The summed E-state index contributed by atoms with van der Waals surface area (Å²) >= 11 is 0. The van der Waals surface area contributed by atoms with Crippen LogP contribution in [0.5, 0.6) is 0 Å². The lowest BCUT2D eigenvalue weighted by atomic mass is 9.89. The van der Waals surface area contributed by atoms with E-state index in [1.807, 2.05) is 13.8 Å². The molecular formula is C10H18N2O2. The summed E-state index contributed by atoms with van der Waals surface area (Å²) in [5, 5.41) is 7.34. The fourth-order valence-electron chi connectivity index (χ4n) is 1.97. The zero-order valence-corrected chi connectivity index (χ0v) is 8.88. The van der Waals surface area contributed by atoms with Gasteiger partial charge in [0.25, 0.3) is 0 Å². The molecule has 1 N–H and O–H groups in total. The highest BCUT2D eigenvalue weighted by molar-refractivity contribution is 5.78. The first-order valence-corrected chi connectivity index (χ1v) is 5.33. The first-order chi connectivity index (χ1) is 6.70. The number of ether oxygens (including phenoxy) is 1. The van der Waals surface area contributed by atoms with Gasteiger partial charge in [0, 0.05) is 12.8 Å². The van der Waals surface area contributed by atoms with Crippen molar-refractivity contribution in [2.45, 2.75) is 44.8 Å². The largest absolute Gasteiger partial charge is 0.476 e. The lowest BCUT2D eigenvalue weighted by molar-refractivity contribution is -0.0400. The van der Waals surface area contributed by atoms with E-state index in [4.69, 9.17) is 9.57 Å². The second-order valence-electron chi connectivity index (χ2n) is 4.35. The highest BCUT2D eigenvalue weighted by Gasteiger charge is 2.41. The predicted octanol–water partition coefficient (Wildman–Crippen LogP) is 1.27. The van der Waals surface area contributed by atoms with Gasteiger partial charge in [-0.15, -0.1) is 0 Å².